The van der Waals surface area contributed by atoms with Crippen LogP contribution in [0.25, 0.3) is 0 Å². The number of nitro groups is 1. The first-order valence-electron chi connectivity index (χ1n) is 7.78. The molecule has 0 bridgehead atoms. The molecule has 0 fully saturated rings. The standard InChI is InChI=1S/C19H19NO4/c1-2-3-5-8-16-11-12-17(20(21)22)15-19(16)24-14-13-23-18-9-6-4-7-10-18/h4,6-7,9-12,15H,2-3,13-14H2,1H3. The summed E-state index contributed by atoms with van der Waals surface area (Å²) in [5.74, 6) is 7.19. The number of rotatable bonds is 7. The topological polar surface area (TPSA) is 61.6 Å². The first-order chi connectivity index (χ1) is 11.7. The summed E-state index contributed by atoms with van der Waals surface area (Å²) in [5, 5.41) is 10.9. The largest absolute Gasteiger partial charge is 0.490 e. The van der Waals surface area contributed by atoms with Crippen molar-refractivity contribution in [1.29, 1.82) is 0 Å². The Bertz CT molecular complexity index is 732. The fourth-order valence-electron chi connectivity index (χ4n) is 1.96. The number of nitro benzene ring substituents is 1. The molecule has 2 aromatic carbocycles. The maximum Gasteiger partial charge on any atom is 0.273 e. The third-order valence-electron chi connectivity index (χ3n) is 3.13. The molecule has 0 heterocycles. The number of non-ortho nitro benzene ring substituents is 1. The summed E-state index contributed by atoms with van der Waals surface area (Å²) in [6, 6.07) is 13.9. The van der Waals surface area contributed by atoms with E-state index in [-0.39, 0.29) is 12.3 Å². The molecule has 124 valence electrons. The lowest BCUT2D eigenvalue weighted by Gasteiger charge is -2.09. The molecule has 5 heteroatoms. The van der Waals surface area contributed by atoms with Gasteiger partial charge in [-0.15, -0.1) is 0 Å². The third kappa shape index (κ3) is 5.33. The number of benzene rings is 2. The molecule has 5 nitrogen and oxygen atoms in total. The van der Waals surface area contributed by atoms with Crippen LogP contribution >= 0.6 is 0 Å². The second-order valence-electron chi connectivity index (χ2n) is 5.00. The number of hydrogen-bond acceptors (Lipinski definition) is 4. The van der Waals surface area contributed by atoms with Gasteiger partial charge in [-0.05, 0) is 24.6 Å². The van der Waals surface area contributed by atoms with Crippen molar-refractivity contribution in [3.05, 3.63) is 64.2 Å². The number of unbranched alkanes of at least 4 members (excludes halogenated alkanes) is 1. The molecule has 0 aliphatic heterocycles. The van der Waals surface area contributed by atoms with Crippen molar-refractivity contribution < 1.29 is 14.4 Å². The predicted molar refractivity (Wildman–Crippen MR) is 92.3 cm³/mol. The van der Waals surface area contributed by atoms with Gasteiger partial charge in [0.25, 0.3) is 5.69 Å². The maximum atomic E-state index is 10.9. The lowest BCUT2D eigenvalue weighted by Crippen LogP contribution is -2.09. The van der Waals surface area contributed by atoms with E-state index in [0.29, 0.717) is 17.9 Å². The van der Waals surface area contributed by atoms with Crippen LogP contribution in [0.4, 0.5) is 5.69 Å². The second kappa shape index (κ2) is 9.21. The molecule has 0 saturated heterocycles. The molecule has 0 saturated carbocycles. The summed E-state index contributed by atoms with van der Waals surface area (Å²) >= 11 is 0. The highest BCUT2D eigenvalue weighted by molar-refractivity contribution is 5.52. The van der Waals surface area contributed by atoms with E-state index < -0.39 is 4.92 Å². The predicted octanol–water partition coefficient (Wildman–Crippen LogP) is 4.20. The van der Waals surface area contributed by atoms with Gasteiger partial charge < -0.3 is 9.47 Å². The summed E-state index contributed by atoms with van der Waals surface area (Å²) in [7, 11) is 0. The highest BCUT2D eigenvalue weighted by Gasteiger charge is 2.11. The Kier molecular flexibility index (Phi) is 6.66. The quantitative estimate of drug-likeness (QED) is 0.331. The Hall–Kier alpha value is -3.00. The lowest BCUT2D eigenvalue weighted by molar-refractivity contribution is -0.384. The average Bonchev–Trinajstić information content (AvgIpc) is 2.60. The van der Waals surface area contributed by atoms with Gasteiger partial charge in [-0.1, -0.05) is 37.0 Å². The Morgan fingerprint density at radius 3 is 2.54 bits per heavy atom. The molecule has 0 unspecified atom stereocenters. The number of nitrogens with zero attached hydrogens (tertiary/aromatic N) is 1. The van der Waals surface area contributed by atoms with Crippen molar-refractivity contribution >= 4 is 5.69 Å². The van der Waals surface area contributed by atoms with Crippen LogP contribution in [0.2, 0.25) is 0 Å². The summed E-state index contributed by atoms with van der Waals surface area (Å²) in [4.78, 5) is 10.5. The smallest absolute Gasteiger partial charge is 0.273 e. The Morgan fingerprint density at radius 1 is 1.08 bits per heavy atom. The van der Waals surface area contributed by atoms with E-state index >= 15 is 0 Å². The van der Waals surface area contributed by atoms with Crippen LogP contribution < -0.4 is 9.47 Å². The van der Waals surface area contributed by atoms with Crippen LogP contribution in [-0.2, 0) is 0 Å². The van der Waals surface area contributed by atoms with Gasteiger partial charge in [0.1, 0.15) is 24.7 Å². The minimum Gasteiger partial charge on any atom is -0.490 e. The van der Waals surface area contributed by atoms with Crippen LogP contribution in [-0.4, -0.2) is 18.1 Å². The molecule has 0 amide bonds. The molecular weight excluding hydrogens is 306 g/mol. The lowest BCUT2D eigenvalue weighted by atomic mass is 10.1. The number of ether oxygens (including phenoxy) is 2. The molecule has 0 aliphatic rings. The monoisotopic (exact) mass is 325 g/mol. The molecule has 0 aliphatic carbocycles. The summed E-state index contributed by atoms with van der Waals surface area (Å²) in [6.45, 7) is 2.66. The van der Waals surface area contributed by atoms with Gasteiger partial charge >= 0.3 is 0 Å². The van der Waals surface area contributed by atoms with Crippen molar-refractivity contribution in [3.63, 3.8) is 0 Å². The van der Waals surface area contributed by atoms with Crippen LogP contribution in [0.5, 0.6) is 11.5 Å². The maximum absolute atomic E-state index is 10.9. The van der Waals surface area contributed by atoms with Crippen molar-refractivity contribution in [2.75, 3.05) is 13.2 Å². The normalized spacial score (nSPS) is 9.71. The Balaban J connectivity index is 2.01. The highest BCUT2D eigenvalue weighted by atomic mass is 16.6. The molecule has 24 heavy (non-hydrogen) atoms. The molecule has 0 radical (unpaired) electrons. The highest BCUT2D eigenvalue weighted by Crippen LogP contribution is 2.24. The summed E-state index contributed by atoms with van der Waals surface area (Å²) in [6.07, 6.45) is 1.73. The zero-order valence-electron chi connectivity index (χ0n) is 13.5. The van der Waals surface area contributed by atoms with Gasteiger partial charge in [0.15, 0.2) is 0 Å². The minimum atomic E-state index is -0.448. The van der Waals surface area contributed by atoms with E-state index in [4.69, 9.17) is 9.47 Å². The first kappa shape index (κ1) is 17.4. The van der Waals surface area contributed by atoms with Crippen LogP contribution in [0.15, 0.2) is 48.5 Å². The Labute approximate surface area is 141 Å². The summed E-state index contributed by atoms with van der Waals surface area (Å²) < 4.78 is 11.2. The van der Waals surface area contributed by atoms with E-state index in [1.165, 1.54) is 12.1 Å². The van der Waals surface area contributed by atoms with Gasteiger partial charge in [-0.25, -0.2) is 0 Å². The Morgan fingerprint density at radius 2 is 1.83 bits per heavy atom. The zero-order chi connectivity index (χ0) is 17.2. The SMILES string of the molecule is CCCC#Cc1ccc([N+](=O)[O-])cc1OCCOc1ccccc1. The molecule has 0 spiro atoms. The molecular formula is C19H19NO4. The van der Waals surface area contributed by atoms with Gasteiger partial charge in [0.2, 0.25) is 0 Å². The summed E-state index contributed by atoms with van der Waals surface area (Å²) in [5.41, 5.74) is 0.629. The minimum absolute atomic E-state index is 0.0185. The van der Waals surface area contributed by atoms with E-state index in [1.54, 1.807) is 6.07 Å². The molecule has 0 aromatic heterocycles. The zero-order valence-corrected chi connectivity index (χ0v) is 13.5. The van der Waals surface area contributed by atoms with E-state index in [2.05, 4.69) is 11.8 Å². The van der Waals surface area contributed by atoms with Crippen LogP contribution in [0.3, 0.4) is 0 Å². The van der Waals surface area contributed by atoms with Gasteiger partial charge in [0, 0.05) is 12.5 Å². The van der Waals surface area contributed by atoms with E-state index in [9.17, 15) is 10.1 Å². The fraction of sp³-hybridized carbons (Fsp3) is 0.263. The van der Waals surface area contributed by atoms with Gasteiger partial charge in [-0.2, -0.15) is 0 Å². The van der Waals surface area contributed by atoms with Crippen molar-refractivity contribution in [2.24, 2.45) is 0 Å². The van der Waals surface area contributed by atoms with Crippen LogP contribution in [0.1, 0.15) is 25.3 Å². The number of hydrogen-bond donors (Lipinski definition) is 0. The van der Waals surface area contributed by atoms with Gasteiger partial charge in [-0.3, -0.25) is 10.1 Å². The van der Waals surface area contributed by atoms with Gasteiger partial charge in [0.05, 0.1) is 16.6 Å². The molecule has 2 aromatic rings. The third-order valence-corrected chi connectivity index (χ3v) is 3.13. The van der Waals surface area contributed by atoms with Crippen LogP contribution in [0, 0.1) is 22.0 Å². The average molecular weight is 325 g/mol. The van der Waals surface area contributed by atoms with Crippen molar-refractivity contribution in [2.45, 2.75) is 19.8 Å². The van der Waals surface area contributed by atoms with Crippen molar-refractivity contribution in [1.82, 2.24) is 0 Å². The van der Waals surface area contributed by atoms with E-state index in [0.717, 1.165) is 18.6 Å². The molecule has 2 rings (SSSR count). The van der Waals surface area contributed by atoms with Crippen molar-refractivity contribution in [3.8, 4) is 23.3 Å². The second-order valence-corrected chi connectivity index (χ2v) is 5.00. The fourth-order valence-corrected chi connectivity index (χ4v) is 1.96. The molecule has 0 atom stereocenters. The number of para-hydroxylation sites is 1. The molecule has 0 N–H and O–H groups in total. The first-order valence-corrected chi connectivity index (χ1v) is 7.78. The van der Waals surface area contributed by atoms with E-state index in [1.807, 2.05) is 37.3 Å².